The lowest BCUT2D eigenvalue weighted by Gasteiger charge is -2.50. The predicted octanol–water partition coefficient (Wildman–Crippen LogP) is -1.63. The zero-order valence-electron chi connectivity index (χ0n) is 22.7. The van der Waals surface area contributed by atoms with Gasteiger partial charge in [0.05, 0.1) is 11.7 Å². The van der Waals surface area contributed by atoms with Crippen LogP contribution < -0.4 is 30.9 Å². The second-order valence-corrected chi connectivity index (χ2v) is 12.5. The number of carboxylic acid groups (broad SMARTS) is 2. The van der Waals surface area contributed by atoms with Crippen molar-refractivity contribution in [2.45, 2.75) is 31.0 Å². The van der Waals surface area contributed by atoms with E-state index < -0.39 is 47.0 Å². The Labute approximate surface area is 258 Å². The van der Waals surface area contributed by atoms with Gasteiger partial charge in [-0.2, -0.15) is 0 Å². The highest BCUT2D eigenvalue weighted by Gasteiger charge is 2.53. The van der Waals surface area contributed by atoms with E-state index >= 15 is 0 Å². The molecule has 3 atom stereocenters. The summed E-state index contributed by atoms with van der Waals surface area (Å²) in [4.78, 5) is 62.1. The summed E-state index contributed by atoms with van der Waals surface area (Å²) in [5, 5.41) is 30.1. The summed E-state index contributed by atoms with van der Waals surface area (Å²) in [5.41, 5.74) is 6.36. The normalized spacial score (nSPS) is 21.2. The minimum atomic E-state index is -1.50. The van der Waals surface area contributed by atoms with E-state index in [0.29, 0.717) is 5.57 Å². The van der Waals surface area contributed by atoms with E-state index in [4.69, 9.17) is 27.3 Å². The molecule has 5 heterocycles. The summed E-state index contributed by atoms with van der Waals surface area (Å²) in [6, 6.07) is 2.81. The predicted molar refractivity (Wildman–Crippen MR) is 155 cm³/mol. The van der Waals surface area contributed by atoms with Crippen LogP contribution in [0.5, 0.6) is 0 Å². The summed E-state index contributed by atoms with van der Waals surface area (Å²) in [7, 11) is 0. The third-order valence-electron chi connectivity index (χ3n) is 6.95. The number of carbonyl (C=O) groups is 4. The lowest BCUT2D eigenvalue weighted by Crippen LogP contribution is -2.71. The van der Waals surface area contributed by atoms with Crippen LogP contribution in [0.3, 0.4) is 0 Å². The molecule has 2 aromatic heterocycles. The smallest absolute Gasteiger partial charge is 0.347 e. The highest BCUT2D eigenvalue weighted by Crippen LogP contribution is 2.40. The molecule has 18 heteroatoms. The highest BCUT2D eigenvalue weighted by molar-refractivity contribution is 8.00. The van der Waals surface area contributed by atoms with Crippen LogP contribution in [0, 0.1) is 0 Å². The number of aromatic nitrogens is 2. The maximum Gasteiger partial charge on any atom is 0.347 e. The zero-order valence-corrected chi connectivity index (χ0v) is 25.1. The Kier molecular flexibility index (Phi) is 9.05. The van der Waals surface area contributed by atoms with Crippen molar-refractivity contribution < 1.29 is 38.8 Å². The summed E-state index contributed by atoms with van der Waals surface area (Å²) in [5.74, 6) is -4.16. The molecule has 0 unspecified atom stereocenters. The Morgan fingerprint density at radius 1 is 1.35 bits per heavy atom. The first-order valence-corrected chi connectivity index (χ1v) is 15.3. The number of thiazole rings is 1. The van der Waals surface area contributed by atoms with Gasteiger partial charge in [-0.1, -0.05) is 28.1 Å². The standard InChI is InChI=1S/C25H27ClN8O7S2/c1-12(23(37)38)41-31-16(15-19(26)43-25(27)30-15)20(35)29-17-21(36)34-18(24(39)40)13(11-42-22(17)34)10-32-6-2-14(3-7-32)33-8-4-28-5-9-33/h2-3,6-7,12,17,22,28H,4-5,8-11H2,1H3,(H4-,27,29,30,35,37,38,39,40)/b31-16-/t12-,17+,22+/m0/s1. The molecule has 0 aromatic carbocycles. The van der Waals surface area contributed by atoms with Crippen LogP contribution in [0.15, 0.2) is 41.0 Å². The Balaban J connectivity index is 1.31. The number of thioether (sulfide) groups is 1. The van der Waals surface area contributed by atoms with Gasteiger partial charge in [0, 0.05) is 55.3 Å². The van der Waals surface area contributed by atoms with Gasteiger partial charge in [0.25, 0.3) is 11.8 Å². The van der Waals surface area contributed by atoms with Crippen LogP contribution in [0.25, 0.3) is 0 Å². The summed E-state index contributed by atoms with van der Waals surface area (Å²) >= 11 is 8.29. The molecule has 3 aliphatic rings. The maximum absolute atomic E-state index is 13.2. The van der Waals surface area contributed by atoms with E-state index in [1.165, 1.54) is 18.7 Å². The van der Waals surface area contributed by atoms with Gasteiger partial charge in [-0.05, 0) is 6.92 Å². The van der Waals surface area contributed by atoms with Crippen LogP contribution in [-0.4, -0.2) is 93.9 Å². The summed E-state index contributed by atoms with van der Waals surface area (Å²) in [6.45, 7) is 5.02. The topological polar surface area (TPSA) is 206 Å². The number of carboxylic acids is 2. The third kappa shape index (κ3) is 6.39. The number of β-lactam (4-membered cyclic amide) rings is 1. The average molecular weight is 651 g/mol. The van der Waals surface area contributed by atoms with Gasteiger partial charge in [-0.3, -0.25) is 14.5 Å². The van der Waals surface area contributed by atoms with Crippen molar-refractivity contribution >= 4 is 75.0 Å². The third-order valence-corrected chi connectivity index (χ3v) is 9.37. The van der Waals surface area contributed by atoms with Gasteiger partial charge in [0.2, 0.25) is 6.10 Å². The lowest BCUT2D eigenvalue weighted by atomic mass is 10.0. The van der Waals surface area contributed by atoms with E-state index in [0.717, 1.165) is 48.1 Å². The number of hydrogen-bond acceptors (Lipinski definition) is 13. The molecule has 2 fully saturated rings. The Bertz CT molecular complexity index is 1510. The quantitative estimate of drug-likeness (QED) is 0.0990. The Hall–Kier alpha value is -3.93. The Morgan fingerprint density at radius 3 is 2.65 bits per heavy atom. The van der Waals surface area contributed by atoms with Crippen molar-refractivity contribution in [2.75, 3.05) is 42.6 Å². The number of oxime groups is 1. The second kappa shape index (κ2) is 12.7. The molecule has 0 bridgehead atoms. The monoisotopic (exact) mass is 650 g/mol. The van der Waals surface area contributed by atoms with Crippen molar-refractivity contribution in [3.8, 4) is 0 Å². The average Bonchev–Trinajstić information content (AvgIpc) is 3.33. The number of rotatable bonds is 10. The molecule has 0 aliphatic carbocycles. The molecule has 228 valence electrons. The van der Waals surface area contributed by atoms with Gasteiger partial charge >= 0.3 is 5.97 Å². The number of pyridine rings is 1. The SMILES string of the molecule is C[C@H](O/N=C(\C(=O)N[C@@H]1C(=O)N2C(C(=O)[O-])=C(C[n+]3ccc(N4CCNCC4)cc3)CS[C@H]12)c1nc(N)sc1Cl)C(=O)O. The van der Waals surface area contributed by atoms with E-state index in [2.05, 4.69) is 25.7 Å². The fraction of sp³-hybridized carbons (Fsp3) is 0.400. The molecular formula is C25H27ClN8O7S2. The van der Waals surface area contributed by atoms with Crippen molar-refractivity contribution in [1.82, 2.24) is 20.5 Å². The number of nitrogen functional groups attached to an aromatic ring is 1. The van der Waals surface area contributed by atoms with E-state index in [1.54, 1.807) is 0 Å². The molecule has 43 heavy (non-hydrogen) atoms. The number of nitrogens with one attached hydrogen (secondary N) is 2. The number of fused-ring (bicyclic) bond motifs is 1. The number of piperazine rings is 1. The Morgan fingerprint density at radius 2 is 2.05 bits per heavy atom. The number of hydrogen-bond donors (Lipinski definition) is 4. The fourth-order valence-corrected chi connectivity index (χ4v) is 7.01. The molecule has 2 aromatic rings. The molecule has 0 radical (unpaired) electrons. The maximum atomic E-state index is 13.2. The first-order valence-electron chi connectivity index (χ1n) is 13.1. The van der Waals surface area contributed by atoms with Crippen molar-refractivity contribution in [3.05, 3.63) is 45.8 Å². The molecule has 5 rings (SSSR count). The van der Waals surface area contributed by atoms with Crippen LogP contribution in [0.2, 0.25) is 4.34 Å². The van der Waals surface area contributed by atoms with Gasteiger partial charge < -0.3 is 41.1 Å². The number of halogens is 1. The highest BCUT2D eigenvalue weighted by atomic mass is 35.5. The fourth-order valence-electron chi connectivity index (χ4n) is 4.74. The molecule has 2 amide bonds. The molecular weight excluding hydrogens is 624 g/mol. The molecule has 0 spiro atoms. The number of nitrogens with two attached hydrogens (primary N) is 1. The van der Waals surface area contributed by atoms with Crippen molar-refractivity contribution in [2.24, 2.45) is 5.16 Å². The van der Waals surface area contributed by atoms with Gasteiger partial charge in [0.15, 0.2) is 29.8 Å². The number of nitrogens with zero attached hydrogens (tertiary/aromatic N) is 5. The minimum absolute atomic E-state index is 0.00290. The van der Waals surface area contributed by atoms with Crippen LogP contribution in [-0.2, 0) is 30.6 Å². The second-order valence-electron chi connectivity index (χ2n) is 9.77. The van der Waals surface area contributed by atoms with E-state index in [9.17, 15) is 24.3 Å². The molecule has 0 saturated carbocycles. The summed E-state index contributed by atoms with van der Waals surface area (Å²) < 4.78 is 1.83. The van der Waals surface area contributed by atoms with E-state index in [1.807, 2.05) is 29.1 Å². The first kappa shape index (κ1) is 30.5. The number of aliphatic carboxylic acids is 2. The van der Waals surface area contributed by atoms with Crippen LogP contribution >= 0.6 is 34.7 Å². The van der Waals surface area contributed by atoms with Gasteiger partial charge in [0.1, 0.15) is 21.4 Å². The molecule has 3 aliphatic heterocycles. The first-order chi connectivity index (χ1) is 20.5. The lowest BCUT2D eigenvalue weighted by molar-refractivity contribution is -0.689. The van der Waals surface area contributed by atoms with Crippen molar-refractivity contribution in [1.29, 1.82) is 0 Å². The van der Waals surface area contributed by atoms with Gasteiger partial charge in [-0.25, -0.2) is 14.3 Å². The van der Waals surface area contributed by atoms with Crippen LogP contribution in [0.4, 0.5) is 10.8 Å². The van der Waals surface area contributed by atoms with E-state index in [-0.39, 0.29) is 33.2 Å². The zero-order chi connectivity index (χ0) is 30.8. The number of amides is 2. The van der Waals surface area contributed by atoms with Crippen molar-refractivity contribution in [3.63, 3.8) is 0 Å². The summed E-state index contributed by atoms with van der Waals surface area (Å²) in [6.07, 6.45) is 2.32. The van der Waals surface area contributed by atoms with Gasteiger partial charge in [-0.15, -0.1) is 11.8 Å². The number of anilines is 2. The molecule has 2 saturated heterocycles. The molecule has 5 N–H and O–H groups in total. The largest absolute Gasteiger partial charge is 0.543 e. The minimum Gasteiger partial charge on any atom is -0.543 e. The molecule has 15 nitrogen and oxygen atoms in total. The number of carbonyl (C=O) groups excluding carboxylic acids is 3. The van der Waals surface area contributed by atoms with Crippen LogP contribution in [0.1, 0.15) is 12.6 Å².